The fourth-order valence-electron chi connectivity index (χ4n) is 2.25. The normalized spacial score (nSPS) is 18.1. The molecule has 1 atom stereocenters. The summed E-state index contributed by atoms with van der Waals surface area (Å²) in [6, 6.07) is 2.86. The number of nitrogens with one attached hydrogen (secondary N) is 1. The minimum atomic E-state index is -3.82. The van der Waals surface area contributed by atoms with E-state index in [-0.39, 0.29) is 16.7 Å². The van der Waals surface area contributed by atoms with Crippen molar-refractivity contribution in [3.05, 3.63) is 23.3 Å². The maximum Gasteiger partial charge on any atom is 0.244 e. The number of anilines is 1. The number of primary sulfonamides is 1. The summed E-state index contributed by atoms with van der Waals surface area (Å²) >= 11 is 0. The predicted molar refractivity (Wildman–Crippen MR) is 81.2 cm³/mol. The lowest BCUT2D eigenvalue weighted by Crippen LogP contribution is -2.50. The summed E-state index contributed by atoms with van der Waals surface area (Å²) in [5.74, 6) is -0.126. The molecule has 1 aromatic rings. The Morgan fingerprint density at radius 3 is 2.38 bits per heavy atom. The monoisotopic (exact) mass is 311 g/mol. The van der Waals surface area contributed by atoms with E-state index in [0.29, 0.717) is 5.69 Å². The summed E-state index contributed by atoms with van der Waals surface area (Å²) in [6.07, 6.45) is 1.88. The van der Waals surface area contributed by atoms with Crippen LogP contribution in [0.3, 0.4) is 0 Å². The van der Waals surface area contributed by atoms with Gasteiger partial charge in [-0.15, -0.1) is 0 Å². The Labute approximate surface area is 124 Å². The van der Waals surface area contributed by atoms with E-state index in [4.69, 9.17) is 10.9 Å². The molecule has 7 heteroatoms. The molecule has 0 aromatic heterocycles. The molecule has 1 aliphatic rings. The molecule has 0 saturated heterocycles. The molecular weight excluding hydrogens is 290 g/mol. The minimum absolute atomic E-state index is 0.0222. The van der Waals surface area contributed by atoms with Gasteiger partial charge < -0.3 is 11.1 Å². The van der Waals surface area contributed by atoms with Gasteiger partial charge >= 0.3 is 0 Å². The average Bonchev–Trinajstić information content (AvgIpc) is 3.17. The number of amides is 1. The van der Waals surface area contributed by atoms with Gasteiger partial charge in [-0.05, 0) is 62.8 Å². The first kappa shape index (κ1) is 15.9. The fraction of sp³-hybridized carbons (Fsp3) is 0.500. The van der Waals surface area contributed by atoms with E-state index in [9.17, 15) is 13.2 Å². The van der Waals surface area contributed by atoms with Gasteiger partial charge in [0, 0.05) is 5.69 Å². The number of aryl methyl sites for hydroxylation is 1. The van der Waals surface area contributed by atoms with Crippen molar-refractivity contribution in [2.24, 2.45) is 16.8 Å². The van der Waals surface area contributed by atoms with E-state index < -0.39 is 15.6 Å². The number of benzene rings is 1. The van der Waals surface area contributed by atoms with Gasteiger partial charge in [-0.2, -0.15) is 0 Å². The highest BCUT2D eigenvalue weighted by Gasteiger charge is 2.44. The van der Waals surface area contributed by atoms with Gasteiger partial charge in [-0.25, -0.2) is 13.6 Å². The number of carbonyl (C=O) groups excluding carboxylic acids is 1. The van der Waals surface area contributed by atoms with E-state index in [1.54, 1.807) is 13.8 Å². The average molecular weight is 311 g/mol. The highest BCUT2D eigenvalue weighted by molar-refractivity contribution is 7.89. The zero-order valence-electron chi connectivity index (χ0n) is 12.4. The topological polar surface area (TPSA) is 115 Å². The van der Waals surface area contributed by atoms with Gasteiger partial charge in [0.15, 0.2) is 0 Å². The standard InChI is InChI=1S/C14H21N3O3S/c1-8-6-11(21(16,19)20)7-12(9(8)2)17-13(18)14(3,15)10-4-5-10/h6-7,10H,4-5,15H2,1-3H3,(H,17,18)(H2,16,19,20). The van der Waals surface area contributed by atoms with Crippen molar-refractivity contribution in [2.45, 2.75) is 44.0 Å². The largest absolute Gasteiger partial charge is 0.324 e. The summed E-state index contributed by atoms with van der Waals surface area (Å²) < 4.78 is 23.0. The number of sulfonamides is 1. The molecule has 2 rings (SSSR count). The highest BCUT2D eigenvalue weighted by Crippen LogP contribution is 2.38. The number of hydrogen-bond donors (Lipinski definition) is 3. The molecule has 0 aliphatic heterocycles. The number of nitrogens with two attached hydrogens (primary N) is 2. The van der Waals surface area contributed by atoms with Gasteiger partial charge in [0.25, 0.3) is 0 Å². The van der Waals surface area contributed by atoms with Crippen LogP contribution >= 0.6 is 0 Å². The van der Waals surface area contributed by atoms with Gasteiger partial charge in [0.05, 0.1) is 10.4 Å². The van der Waals surface area contributed by atoms with Crippen molar-refractivity contribution in [2.75, 3.05) is 5.32 Å². The molecular formula is C14H21N3O3S. The van der Waals surface area contributed by atoms with Gasteiger partial charge in [0.2, 0.25) is 15.9 Å². The highest BCUT2D eigenvalue weighted by atomic mass is 32.2. The van der Waals surface area contributed by atoms with Crippen LogP contribution in [0.25, 0.3) is 0 Å². The van der Waals surface area contributed by atoms with Crippen molar-refractivity contribution in [1.29, 1.82) is 0 Å². The Kier molecular flexibility index (Phi) is 3.86. The van der Waals surface area contributed by atoms with Crippen LogP contribution in [0, 0.1) is 19.8 Å². The third-order valence-corrected chi connectivity index (χ3v) is 5.03. The molecule has 1 amide bonds. The summed E-state index contributed by atoms with van der Waals surface area (Å²) in [4.78, 5) is 12.3. The van der Waals surface area contributed by atoms with Crippen molar-refractivity contribution >= 4 is 21.6 Å². The van der Waals surface area contributed by atoms with Crippen molar-refractivity contribution in [3.8, 4) is 0 Å². The zero-order chi connectivity index (χ0) is 16.0. The van der Waals surface area contributed by atoms with Crippen LogP contribution in [-0.2, 0) is 14.8 Å². The van der Waals surface area contributed by atoms with Gasteiger partial charge in [0.1, 0.15) is 0 Å². The Morgan fingerprint density at radius 1 is 1.33 bits per heavy atom. The smallest absolute Gasteiger partial charge is 0.244 e. The third-order valence-electron chi connectivity index (χ3n) is 4.13. The molecule has 0 spiro atoms. The fourth-order valence-corrected chi connectivity index (χ4v) is 2.87. The van der Waals surface area contributed by atoms with E-state index in [1.165, 1.54) is 12.1 Å². The zero-order valence-corrected chi connectivity index (χ0v) is 13.3. The molecule has 1 aliphatic carbocycles. The first-order chi connectivity index (χ1) is 9.53. The molecule has 116 valence electrons. The molecule has 21 heavy (non-hydrogen) atoms. The van der Waals surface area contributed by atoms with E-state index >= 15 is 0 Å². The second kappa shape index (κ2) is 5.08. The predicted octanol–water partition coefficient (Wildman–Crippen LogP) is 1.02. The molecule has 1 aromatic carbocycles. The van der Waals surface area contributed by atoms with Crippen molar-refractivity contribution in [1.82, 2.24) is 0 Å². The maximum absolute atomic E-state index is 12.3. The Bertz CT molecular complexity index is 692. The summed E-state index contributed by atoms with van der Waals surface area (Å²) in [5, 5.41) is 7.90. The first-order valence-corrected chi connectivity index (χ1v) is 8.32. The summed E-state index contributed by atoms with van der Waals surface area (Å²) in [5.41, 5.74) is 7.09. The summed E-state index contributed by atoms with van der Waals surface area (Å²) in [6.45, 7) is 5.27. The maximum atomic E-state index is 12.3. The van der Waals surface area contributed by atoms with Crippen LogP contribution in [0.5, 0.6) is 0 Å². The molecule has 0 heterocycles. The van der Waals surface area contributed by atoms with Gasteiger partial charge in [-0.3, -0.25) is 4.79 Å². The van der Waals surface area contributed by atoms with Crippen LogP contribution in [0.4, 0.5) is 5.69 Å². The lowest BCUT2D eigenvalue weighted by atomic mass is 9.95. The SMILES string of the molecule is Cc1cc(S(N)(=O)=O)cc(NC(=O)C(C)(N)C2CC2)c1C. The van der Waals surface area contributed by atoms with E-state index in [1.807, 2.05) is 6.92 Å². The Morgan fingerprint density at radius 2 is 1.90 bits per heavy atom. The molecule has 1 saturated carbocycles. The molecule has 0 bridgehead atoms. The van der Waals surface area contributed by atoms with Gasteiger partial charge in [-0.1, -0.05) is 0 Å². The lowest BCUT2D eigenvalue weighted by molar-refractivity contribution is -0.121. The van der Waals surface area contributed by atoms with Crippen LogP contribution < -0.4 is 16.2 Å². The van der Waals surface area contributed by atoms with Crippen LogP contribution in [0.15, 0.2) is 17.0 Å². The molecule has 0 radical (unpaired) electrons. The Hall–Kier alpha value is -1.44. The lowest BCUT2D eigenvalue weighted by Gasteiger charge is -2.24. The van der Waals surface area contributed by atoms with Crippen molar-refractivity contribution < 1.29 is 13.2 Å². The quantitative estimate of drug-likeness (QED) is 0.769. The molecule has 5 N–H and O–H groups in total. The minimum Gasteiger partial charge on any atom is -0.324 e. The molecule has 6 nitrogen and oxygen atoms in total. The number of hydrogen-bond acceptors (Lipinski definition) is 4. The van der Waals surface area contributed by atoms with E-state index in [0.717, 1.165) is 24.0 Å². The second-order valence-electron chi connectivity index (χ2n) is 5.97. The molecule has 1 fully saturated rings. The first-order valence-electron chi connectivity index (χ1n) is 6.78. The second-order valence-corrected chi connectivity index (χ2v) is 7.53. The van der Waals surface area contributed by atoms with Crippen LogP contribution in [-0.4, -0.2) is 19.9 Å². The third kappa shape index (κ3) is 3.25. The van der Waals surface area contributed by atoms with E-state index in [2.05, 4.69) is 5.32 Å². The summed E-state index contributed by atoms with van der Waals surface area (Å²) in [7, 11) is -3.82. The van der Waals surface area contributed by atoms with Crippen LogP contribution in [0.2, 0.25) is 0 Å². The Balaban J connectivity index is 2.35. The number of rotatable bonds is 4. The molecule has 1 unspecified atom stereocenters. The number of carbonyl (C=O) groups is 1. The van der Waals surface area contributed by atoms with Crippen LogP contribution in [0.1, 0.15) is 30.9 Å². The van der Waals surface area contributed by atoms with Crippen molar-refractivity contribution in [3.63, 3.8) is 0 Å².